The monoisotopic (exact) mass is 451 g/mol. The molecule has 5 aromatic rings. The maximum absolute atomic E-state index is 12.9. The van der Waals surface area contributed by atoms with Gasteiger partial charge in [0.1, 0.15) is 5.01 Å². The first-order valence-corrected chi connectivity index (χ1v) is 11.3. The van der Waals surface area contributed by atoms with E-state index in [1.54, 1.807) is 28.4 Å². The number of hydrogen-bond donors (Lipinski definition) is 1. The first-order chi connectivity index (χ1) is 16.1. The molecule has 162 valence electrons. The molecule has 33 heavy (non-hydrogen) atoms. The standard InChI is InChI=1S/C26H21N5OS/c1-17-22(16-28-31(17)23-10-6-7-15-27-23)25(32)29-21-13-11-19(12-14-21)24-18(2)33-26(30-24)20-8-4-3-5-9-20/h3-16H,1-2H3,(H,29,32). The molecule has 3 heterocycles. The Kier molecular flexibility index (Phi) is 5.54. The molecule has 1 amide bonds. The van der Waals surface area contributed by atoms with Crippen molar-refractivity contribution in [1.29, 1.82) is 0 Å². The highest BCUT2D eigenvalue weighted by molar-refractivity contribution is 7.15. The zero-order chi connectivity index (χ0) is 22.8. The largest absolute Gasteiger partial charge is 0.322 e. The molecule has 3 aromatic heterocycles. The summed E-state index contributed by atoms with van der Waals surface area (Å²) in [6.07, 6.45) is 3.27. The van der Waals surface area contributed by atoms with Crippen molar-refractivity contribution in [2.24, 2.45) is 0 Å². The van der Waals surface area contributed by atoms with Crippen molar-refractivity contribution in [1.82, 2.24) is 19.7 Å². The lowest BCUT2D eigenvalue weighted by atomic mass is 10.1. The third kappa shape index (κ3) is 4.18. The number of aryl methyl sites for hydroxylation is 1. The highest BCUT2D eigenvalue weighted by atomic mass is 32.1. The Labute approximate surface area is 195 Å². The van der Waals surface area contributed by atoms with Gasteiger partial charge in [0.05, 0.1) is 23.1 Å². The van der Waals surface area contributed by atoms with E-state index in [1.807, 2.05) is 67.6 Å². The molecule has 0 radical (unpaired) electrons. The average Bonchev–Trinajstić information content (AvgIpc) is 3.43. The Balaban J connectivity index is 1.34. The predicted molar refractivity (Wildman–Crippen MR) is 132 cm³/mol. The van der Waals surface area contributed by atoms with Gasteiger partial charge in [0.25, 0.3) is 5.91 Å². The van der Waals surface area contributed by atoms with E-state index in [-0.39, 0.29) is 5.91 Å². The summed E-state index contributed by atoms with van der Waals surface area (Å²) in [5.41, 5.74) is 5.04. The maximum atomic E-state index is 12.9. The van der Waals surface area contributed by atoms with Crippen LogP contribution in [-0.2, 0) is 0 Å². The van der Waals surface area contributed by atoms with Gasteiger partial charge in [0, 0.05) is 27.9 Å². The number of pyridine rings is 1. The molecule has 0 spiro atoms. The molecule has 0 fully saturated rings. The lowest BCUT2D eigenvalue weighted by Crippen LogP contribution is -2.13. The van der Waals surface area contributed by atoms with Crippen LogP contribution in [0.2, 0.25) is 0 Å². The number of anilines is 1. The summed E-state index contributed by atoms with van der Waals surface area (Å²) in [6, 6.07) is 23.5. The van der Waals surface area contributed by atoms with Crippen molar-refractivity contribution in [3.8, 4) is 27.6 Å². The third-order valence-corrected chi connectivity index (χ3v) is 6.37. The van der Waals surface area contributed by atoms with Crippen LogP contribution in [0, 0.1) is 13.8 Å². The van der Waals surface area contributed by atoms with Gasteiger partial charge in [-0.3, -0.25) is 4.79 Å². The van der Waals surface area contributed by atoms with Gasteiger partial charge in [-0.25, -0.2) is 14.6 Å². The van der Waals surface area contributed by atoms with E-state index in [0.29, 0.717) is 17.1 Å². The highest BCUT2D eigenvalue weighted by Crippen LogP contribution is 2.33. The first-order valence-electron chi connectivity index (χ1n) is 10.5. The number of carbonyl (C=O) groups excluding carboxylic acids is 1. The van der Waals surface area contributed by atoms with Crippen molar-refractivity contribution in [2.75, 3.05) is 5.32 Å². The fourth-order valence-electron chi connectivity index (χ4n) is 3.62. The smallest absolute Gasteiger partial charge is 0.259 e. The summed E-state index contributed by atoms with van der Waals surface area (Å²) >= 11 is 1.68. The van der Waals surface area contributed by atoms with E-state index >= 15 is 0 Å². The SMILES string of the molecule is Cc1sc(-c2ccccc2)nc1-c1ccc(NC(=O)c2cnn(-c3ccccn3)c2C)cc1. The molecule has 6 nitrogen and oxygen atoms in total. The third-order valence-electron chi connectivity index (χ3n) is 5.35. The molecular formula is C26H21N5OS. The summed E-state index contributed by atoms with van der Waals surface area (Å²) in [4.78, 5) is 23.2. The second-order valence-electron chi connectivity index (χ2n) is 7.56. The minimum Gasteiger partial charge on any atom is -0.322 e. The fourth-order valence-corrected chi connectivity index (χ4v) is 4.56. The van der Waals surface area contributed by atoms with Gasteiger partial charge in [0.15, 0.2) is 5.82 Å². The van der Waals surface area contributed by atoms with Gasteiger partial charge in [-0.15, -0.1) is 11.3 Å². The number of thiazole rings is 1. The molecule has 2 aromatic carbocycles. The minimum atomic E-state index is -0.210. The number of aromatic nitrogens is 4. The van der Waals surface area contributed by atoms with Crippen molar-refractivity contribution in [3.63, 3.8) is 0 Å². The number of carbonyl (C=O) groups is 1. The van der Waals surface area contributed by atoms with E-state index in [2.05, 4.69) is 34.5 Å². The van der Waals surface area contributed by atoms with Gasteiger partial charge in [-0.05, 0) is 38.1 Å². The van der Waals surface area contributed by atoms with Gasteiger partial charge in [0.2, 0.25) is 0 Å². The Morgan fingerprint density at radius 2 is 1.67 bits per heavy atom. The van der Waals surface area contributed by atoms with Crippen LogP contribution < -0.4 is 5.32 Å². The van der Waals surface area contributed by atoms with Crippen LogP contribution in [0.5, 0.6) is 0 Å². The Hall–Kier alpha value is -4.10. The summed E-state index contributed by atoms with van der Waals surface area (Å²) in [6.45, 7) is 3.94. The molecule has 1 N–H and O–H groups in total. The van der Waals surface area contributed by atoms with Gasteiger partial charge >= 0.3 is 0 Å². The molecule has 0 atom stereocenters. The molecule has 0 aliphatic heterocycles. The van der Waals surface area contributed by atoms with Crippen LogP contribution in [-0.4, -0.2) is 25.7 Å². The molecule has 7 heteroatoms. The lowest BCUT2D eigenvalue weighted by Gasteiger charge is -2.07. The van der Waals surface area contributed by atoms with E-state index in [0.717, 1.165) is 32.4 Å². The fraction of sp³-hybridized carbons (Fsp3) is 0.0769. The molecule has 5 rings (SSSR count). The van der Waals surface area contributed by atoms with Gasteiger partial charge < -0.3 is 5.32 Å². The van der Waals surface area contributed by atoms with E-state index in [4.69, 9.17) is 4.98 Å². The minimum absolute atomic E-state index is 0.210. The topological polar surface area (TPSA) is 72.7 Å². The lowest BCUT2D eigenvalue weighted by molar-refractivity contribution is 0.102. The molecular weight excluding hydrogens is 430 g/mol. The molecule has 0 saturated carbocycles. The Bertz CT molecular complexity index is 1410. The molecule has 0 unspecified atom stereocenters. The van der Waals surface area contributed by atoms with Crippen LogP contribution >= 0.6 is 11.3 Å². The summed E-state index contributed by atoms with van der Waals surface area (Å²) in [5, 5.41) is 8.28. The van der Waals surface area contributed by atoms with Crippen molar-refractivity contribution < 1.29 is 4.79 Å². The zero-order valence-electron chi connectivity index (χ0n) is 18.2. The van der Waals surface area contributed by atoms with Crippen LogP contribution in [0.4, 0.5) is 5.69 Å². The number of nitrogens with one attached hydrogen (secondary N) is 1. The Morgan fingerprint density at radius 3 is 2.39 bits per heavy atom. The Morgan fingerprint density at radius 1 is 0.909 bits per heavy atom. The number of hydrogen-bond acceptors (Lipinski definition) is 5. The zero-order valence-corrected chi connectivity index (χ0v) is 19.0. The van der Waals surface area contributed by atoms with Gasteiger partial charge in [-0.1, -0.05) is 48.5 Å². The average molecular weight is 452 g/mol. The molecule has 0 saturated heterocycles. The molecule has 0 aliphatic rings. The maximum Gasteiger partial charge on any atom is 0.259 e. The normalized spacial score (nSPS) is 10.8. The van der Waals surface area contributed by atoms with E-state index < -0.39 is 0 Å². The predicted octanol–water partition coefficient (Wildman–Crippen LogP) is 5.93. The summed E-state index contributed by atoms with van der Waals surface area (Å²) < 4.78 is 1.66. The van der Waals surface area contributed by atoms with E-state index in [1.165, 1.54) is 0 Å². The first kappa shape index (κ1) is 20.8. The van der Waals surface area contributed by atoms with Crippen LogP contribution in [0.1, 0.15) is 20.9 Å². The van der Waals surface area contributed by atoms with Crippen LogP contribution in [0.25, 0.3) is 27.6 Å². The van der Waals surface area contributed by atoms with Crippen molar-refractivity contribution in [3.05, 3.63) is 101 Å². The number of amides is 1. The number of nitrogens with zero attached hydrogens (tertiary/aromatic N) is 4. The summed E-state index contributed by atoms with van der Waals surface area (Å²) in [5.74, 6) is 0.463. The van der Waals surface area contributed by atoms with E-state index in [9.17, 15) is 4.79 Å². The second kappa shape index (κ2) is 8.80. The number of benzene rings is 2. The van der Waals surface area contributed by atoms with Crippen molar-refractivity contribution >= 4 is 22.9 Å². The van der Waals surface area contributed by atoms with Crippen LogP contribution in [0.3, 0.4) is 0 Å². The quantitative estimate of drug-likeness (QED) is 0.360. The number of rotatable bonds is 5. The van der Waals surface area contributed by atoms with Crippen LogP contribution in [0.15, 0.2) is 85.2 Å². The highest BCUT2D eigenvalue weighted by Gasteiger charge is 2.16. The second-order valence-corrected chi connectivity index (χ2v) is 8.77. The molecule has 0 aliphatic carbocycles. The summed E-state index contributed by atoms with van der Waals surface area (Å²) in [7, 11) is 0. The van der Waals surface area contributed by atoms with Gasteiger partial charge in [-0.2, -0.15) is 5.10 Å². The van der Waals surface area contributed by atoms with Crippen molar-refractivity contribution in [2.45, 2.75) is 13.8 Å². The molecule has 0 bridgehead atoms.